The lowest BCUT2D eigenvalue weighted by Crippen LogP contribution is -2.22. The van der Waals surface area contributed by atoms with E-state index in [1.807, 2.05) is 5.32 Å². The Morgan fingerprint density at radius 2 is 1.63 bits per heavy atom. The SMILES string of the molecule is CCOc1ncccc1C(=O)OCC(=O)Nc1cc(C(F)(F)F)cc(C(F)(F)F)c1. The Morgan fingerprint density at radius 3 is 2.17 bits per heavy atom. The predicted octanol–water partition coefficient (Wildman–Crippen LogP) is 4.31. The lowest BCUT2D eigenvalue weighted by molar-refractivity contribution is -0.143. The van der Waals surface area contributed by atoms with E-state index in [0.717, 1.165) is 0 Å². The number of anilines is 1. The predicted molar refractivity (Wildman–Crippen MR) is 90.8 cm³/mol. The minimum absolute atomic E-state index is 0.0573. The van der Waals surface area contributed by atoms with Gasteiger partial charge in [0, 0.05) is 11.9 Å². The summed E-state index contributed by atoms with van der Waals surface area (Å²) < 4.78 is 86.9. The molecule has 1 heterocycles. The van der Waals surface area contributed by atoms with Gasteiger partial charge in [0.1, 0.15) is 5.56 Å². The van der Waals surface area contributed by atoms with Crippen molar-refractivity contribution in [3.8, 4) is 5.88 Å². The van der Waals surface area contributed by atoms with E-state index >= 15 is 0 Å². The average molecular weight is 436 g/mol. The Hall–Kier alpha value is -3.31. The summed E-state index contributed by atoms with van der Waals surface area (Å²) in [4.78, 5) is 27.7. The molecule has 1 amide bonds. The van der Waals surface area contributed by atoms with Crippen LogP contribution in [0.4, 0.5) is 32.0 Å². The highest BCUT2D eigenvalue weighted by Crippen LogP contribution is 2.37. The number of rotatable bonds is 6. The van der Waals surface area contributed by atoms with Gasteiger partial charge in [-0.15, -0.1) is 0 Å². The van der Waals surface area contributed by atoms with E-state index in [1.54, 1.807) is 6.92 Å². The van der Waals surface area contributed by atoms with Crippen molar-refractivity contribution in [3.63, 3.8) is 0 Å². The Balaban J connectivity index is 2.12. The van der Waals surface area contributed by atoms with Crippen LogP contribution in [0.25, 0.3) is 0 Å². The highest BCUT2D eigenvalue weighted by molar-refractivity contribution is 5.96. The molecule has 1 aromatic carbocycles. The maximum Gasteiger partial charge on any atom is 0.416 e. The summed E-state index contributed by atoms with van der Waals surface area (Å²) in [5, 5.41) is 1.85. The molecule has 30 heavy (non-hydrogen) atoms. The Morgan fingerprint density at radius 1 is 1.03 bits per heavy atom. The summed E-state index contributed by atoms with van der Waals surface area (Å²) in [6, 6.07) is 3.31. The third kappa shape index (κ3) is 6.09. The topological polar surface area (TPSA) is 77.5 Å². The van der Waals surface area contributed by atoms with Gasteiger partial charge in [0.05, 0.1) is 17.7 Å². The number of hydrogen-bond donors (Lipinski definition) is 1. The molecule has 0 spiro atoms. The van der Waals surface area contributed by atoms with Gasteiger partial charge in [-0.05, 0) is 37.3 Å². The van der Waals surface area contributed by atoms with Gasteiger partial charge in [-0.1, -0.05) is 0 Å². The van der Waals surface area contributed by atoms with Crippen molar-refractivity contribution in [2.45, 2.75) is 19.3 Å². The highest BCUT2D eigenvalue weighted by Gasteiger charge is 2.37. The Kier molecular flexibility index (Phi) is 6.90. The number of benzene rings is 1. The van der Waals surface area contributed by atoms with Gasteiger partial charge < -0.3 is 14.8 Å². The first-order valence-corrected chi connectivity index (χ1v) is 8.26. The molecule has 2 rings (SSSR count). The molecule has 0 fully saturated rings. The number of aromatic nitrogens is 1. The monoisotopic (exact) mass is 436 g/mol. The summed E-state index contributed by atoms with van der Waals surface area (Å²) in [6.45, 7) is 0.868. The number of halogens is 6. The van der Waals surface area contributed by atoms with Gasteiger partial charge in [0.2, 0.25) is 5.88 Å². The Labute approximate surface area is 165 Å². The van der Waals surface area contributed by atoms with Crippen molar-refractivity contribution in [1.29, 1.82) is 0 Å². The third-order valence-corrected chi connectivity index (χ3v) is 3.48. The summed E-state index contributed by atoms with van der Waals surface area (Å²) >= 11 is 0. The second-order valence-electron chi connectivity index (χ2n) is 5.71. The number of carbonyl (C=O) groups excluding carboxylic acids is 2. The number of nitrogens with one attached hydrogen (secondary N) is 1. The molecule has 0 atom stereocenters. The zero-order valence-electron chi connectivity index (χ0n) is 15.2. The van der Waals surface area contributed by atoms with Crippen LogP contribution >= 0.6 is 0 Å². The average Bonchev–Trinajstić information content (AvgIpc) is 2.65. The van der Waals surface area contributed by atoms with Crippen LogP contribution in [0.1, 0.15) is 28.4 Å². The summed E-state index contributed by atoms with van der Waals surface area (Å²) in [5.74, 6) is -2.21. The van der Waals surface area contributed by atoms with Crippen molar-refractivity contribution in [3.05, 3.63) is 53.2 Å². The van der Waals surface area contributed by atoms with Crippen LogP contribution in [0.5, 0.6) is 5.88 Å². The number of esters is 1. The van der Waals surface area contributed by atoms with Gasteiger partial charge in [-0.25, -0.2) is 9.78 Å². The van der Waals surface area contributed by atoms with Crippen molar-refractivity contribution >= 4 is 17.6 Å². The van der Waals surface area contributed by atoms with E-state index in [2.05, 4.69) is 4.98 Å². The molecular formula is C18H14F6N2O4. The molecule has 0 aliphatic heterocycles. The summed E-state index contributed by atoms with van der Waals surface area (Å²) in [7, 11) is 0. The van der Waals surface area contributed by atoms with Crippen molar-refractivity contribution in [1.82, 2.24) is 4.98 Å². The smallest absolute Gasteiger partial charge is 0.416 e. The molecule has 0 aliphatic rings. The zero-order chi connectivity index (χ0) is 22.5. The number of amides is 1. The molecule has 0 saturated heterocycles. The van der Waals surface area contributed by atoms with Crippen LogP contribution in [0.3, 0.4) is 0 Å². The van der Waals surface area contributed by atoms with Gasteiger partial charge in [-0.2, -0.15) is 26.3 Å². The zero-order valence-corrected chi connectivity index (χ0v) is 15.2. The number of alkyl halides is 6. The number of pyridine rings is 1. The number of nitrogens with zero attached hydrogens (tertiary/aromatic N) is 1. The molecule has 6 nitrogen and oxygen atoms in total. The highest BCUT2D eigenvalue weighted by atomic mass is 19.4. The maximum absolute atomic E-state index is 12.8. The minimum atomic E-state index is -5.07. The quantitative estimate of drug-likeness (QED) is 0.539. The second kappa shape index (κ2) is 9.01. The standard InChI is InChI=1S/C18H14F6N2O4/c1-2-29-15-13(4-3-5-25-15)16(28)30-9-14(27)26-12-7-10(17(19,20)21)6-11(8-12)18(22,23)24/h3-8H,2,9H2,1H3,(H,26,27). The molecule has 12 heteroatoms. The van der Waals surface area contributed by atoms with Crippen molar-refractivity contribution in [2.24, 2.45) is 0 Å². The van der Waals surface area contributed by atoms with Crippen LogP contribution in [0.2, 0.25) is 0 Å². The molecule has 2 aromatic rings. The minimum Gasteiger partial charge on any atom is -0.477 e. The van der Waals surface area contributed by atoms with E-state index in [0.29, 0.717) is 12.1 Å². The van der Waals surface area contributed by atoms with Gasteiger partial charge in [-0.3, -0.25) is 4.79 Å². The molecule has 0 unspecified atom stereocenters. The van der Waals surface area contributed by atoms with Gasteiger partial charge >= 0.3 is 18.3 Å². The lowest BCUT2D eigenvalue weighted by atomic mass is 10.1. The summed E-state index contributed by atoms with van der Waals surface area (Å²) in [6.07, 6.45) is -8.78. The van der Waals surface area contributed by atoms with Gasteiger partial charge in [0.15, 0.2) is 6.61 Å². The first-order chi connectivity index (χ1) is 13.9. The van der Waals surface area contributed by atoms with Crippen LogP contribution in [0, 0.1) is 0 Å². The van der Waals surface area contributed by atoms with Gasteiger partial charge in [0.25, 0.3) is 5.91 Å². The molecule has 0 radical (unpaired) electrons. The maximum atomic E-state index is 12.8. The van der Waals surface area contributed by atoms with Crippen LogP contribution in [-0.2, 0) is 21.9 Å². The second-order valence-corrected chi connectivity index (χ2v) is 5.71. The number of carbonyl (C=O) groups is 2. The van der Waals surface area contributed by atoms with Crippen molar-refractivity contribution < 1.29 is 45.4 Å². The molecule has 0 aliphatic carbocycles. The van der Waals surface area contributed by atoms with E-state index in [4.69, 9.17) is 9.47 Å². The largest absolute Gasteiger partial charge is 0.477 e. The fourth-order valence-electron chi connectivity index (χ4n) is 2.23. The van der Waals surface area contributed by atoms with Crippen LogP contribution in [-0.4, -0.2) is 30.1 Å². The number of hydrogen-bond acceptors (Lipinski definition) is 5. The molecule has 1 aromatic heterocycles. The van der Waals surface area contributed by atoms with Crippen LogP contribution in [0.15, 0.2) is 36.5 Å². The first kappa shape index (κ1) is 23.0. The van der Waals surface area contributed by atoms with E-state index in [1.165, 1.54) is 18.3 Å². The normalized spacial score (nSPS) is 11.7. The molecule has 0 saturated carbocycles. The van der Waals surface area contributed by atoms with E-state index < -0.39 is 47.7 Å². The molecule has 0 bridgehead atoms. The summed E-state index contributed by atoms with van der Waals surface area (Å²) in [5.41, 5.74) is -4.05. The lowest BCUT2D eigenvalue weighted by Gasteiger charge is -2.15. The fourth-order valence-corrected chi connectivity index (χ4v) is 2.23. The molecule has 162 valence electrons. The fraction of sp³-hybridized carbons (Fsp3) is 0.278. The molecule has 1 N–H and O–H groups in total. The molecular weight excluding hydrogens is 422 g/mol. The first-order valence-electron chi connectivity index (χ1n) is 8.26. The van der Waals surface area contributed by atoms with Crippen LogP contribution < -0.4 is 10.1 Å². The van der Waals surface area contributed by atoms with E-state index in [9.17, 15) is 35.9 Å². The third-order valence-electron chi connectivity index (χ3n) is 3.48. The Bertz CT molecular complexity index is 895. The number of ether oxygens (including phenoxy) is 2. The van der Waals surface area contributed by atoms with Crippen molar-refractivity contribution in [2.75, 3.05) is 18.5 Å². The van der Waals surface area contributed by atoms with E-state index in [-0.39, 0.29) is 24.1 Å².